The highest BCUT2D eigenvalue weighted by Crippen LogP contribution is 2.11. The van der Waals surface area contributed by atoms with Crippen LogP contribution >= 0.6 is 0 Å². The Morgan fingerprint density at radius 2 is 2.29 bits per heavy atom. The van der Waals surface area contributed by atoms with Gasteiger partial charge in [-0.1, -0.05) is 12.1 Å². The van der Waals surface area contributed by atoms with Gasteiger partial charge in [0.2, 0.25) is 0 Å². The lowest BCUT2D eigenvalue weighted by Gasteiger charge is -2.04. The van der Waals surface area contributed by atoms with Crippen molar-refractivity contribution in [3.05, 3.63) is 35.7 Å². The smallest absolute Gasteiger partial charge is 0.303 e. The van der Waals surface area contributed by atoms with Gasteiger partial charge in [-0.2, -0.15) is 4.68 Å². The molecule has 0 saturated heterocycles. The van der Waals surface area contributed by atoms with E-state index in [1.807, 2.05) is 31.2 Å². The van der Waals surface area contributed by atoms with E-state index in [1.54, 1.807) is 4.68 Å². The molecule has 0 saturated carbocycles. The van der Waals surface area contributed by atoms with E-state index < -0.39 is 5.97 Å². The third kappa shape index (κ3) is 2.66. The molecule has 0 unspecified atom stereocenters. The van der Waals surface area contributed by atoms with Crippen LogP contribution in [0.1, 0.15) is 17.8 Å². The van der Waals surface area contributed by atoms with Crippen LogP contribution in [-0.2, 0) is 11.2 Å². The van der Waals surface area contributed by atoms with Gasteiger partial charge in [0.1, 0.15) is 0 Å². The number of carbonyl (C=O) groups is 1. The lowest BCUT2D eigenvalue weighted by molar-refractivity contribution is -0.136. The Bertz CT molecular complexity index is 536. The number of hydrogen-bond donors (Lipinski definition) is 1. The molecule has 0 aliphatic heterocycles. The molecule has 1 N–H and O–H groups in total. The second-order valence-corrected chi connectivity index (χ2v) is 3.70. The van der Waals surface area contributed by atoms with Crippen LogP contribution in [0.5, 0.6) is 0 Å². The first-order valence-electron chi connectivity index (χ1n) is 5.23. The fraction of sp³-hybridized carbons (Fsp3) is 0.273. The Morgan fingerprint density at radius 1 is 1.47 bits per heavy atom. The van der Waals surface area contributed by atoms with E-state index >= 15 is 0 Å². The minimum Gasteiger partial charge on any atom is -0.481 e. The highest BCUT2D eigenvalue weighted by atomic mass is 16.4. The van der Waals surface area contributed by atoms with Crippen molar-refractivity contribution < 1.29 is 9.90 Å². The fourth-order valence-corrected chi connectivity index (χ4v) is 1.57. The van der Waals surface area contributed by atoms with Crippen LogP contribution in [0.4, 0.5) is 0 Å². The number of rotatable bonds is 4. The number of aryl methyl sites for hydroxylation is 2. The summed E-state index contributed by atoms with van der Waals surface area (Å²) in [7, 11) is 0. The minimum absolute atomic E-state index is 0.123. The average molecular weight is 232 g/mol. The SMILES string of the molecule is Cc1nnnn1-c1cccc(CCC(=O)O)c1. The number of tetrazole rings is 1. The number of carboxylic acid groups (broad SMARTS) is 1. The third-order valence-electron chi connectivity index (χ3n) is 2.41. The average Bonchev–Trinajstić information content (AvgIpc) is 2.73. The summed E-state index contributed by atoms with van der Waals surface area (Å²) in [5, 5.41) is 19.9. The largest absolute Gasteiger partial charge is 0.481 e. The number of aliphatic carboxylic acids is 1. The maximum atomic E-state index is 10.5. The van der Waals surface area contributed by atoms with Gasteiger partial charge in [0, 0.05) is 6.42 Å². The molecule has 2 aromatic rings. The van der Waals surface area contributed by atoms with Gasteiger partial charge in [-0.3, -0.25) is 4.79 Å². The molecule has 0 aliphatic rings. The molecular formula is C11H12N4O2. The Morgan fingerprint density at radius 3 is 2.94 bits per heavy atom. The van der Waals surface area contributed by atoms with Crippen molar-refractivity contribution in [3.63, 3.8) is 0 Å². The number of benzene rings is 1. The Balaban J connectivity index is 2.23. The van der Waals surface area contributed by atoms with Crippen LogP contribution in [0.15, 0.2) is 24.3 Å². The highest BCUT2D eigenvalue weighted by Gasteiger charge is 2.05. The van der Waals surface area contributed by atoms with E-state index in [-0.39, 0.29) is 6.42 Å². The van der Waals surface area contributed by atoms with Crippen molar-refractivity contribution in [3.8, 4) is 5.69 Å². The molecule has 0 radical (unpaired) electrons. The second kappa shape index (κ2) is 4.73. The Hall–Kier alpha value is -2.24. The van der Waals surface area contributed by atoms with Crippen LogP contribution in [0.25, 0.3) is 5.69 Å². The predicted octanol–water partition coefficient (Wildman–Crippen LogP) is 0.988. The van der Waals surface area contributed by atoms with Gasteiger partial charge in [0.15, 0.2) is 5.82 Å². The monoisotopic (exact) mass is 232 g/mol. The summed E-state index contributed by atoms with van der Waals surface area (Å²) in [6.07, 6.45) is 0.627. The summed E-state index contributed by atoms with van der Waals surface area (Å²) >= 11 is 0. The molecule has 6 heteroatoms. The van der Waals surface area contributed by atoms with Crippen molar-refractivity contribution >= 4 is 5.97 Å². The molecule has 1 heterocycles. The summed E-state index contributed by atoms with van der Waals surface area (Å²) in [5.41, 5.74) is 1.80. The lowest BCUT2D eigenvalue weighted by atomic mass is 10.1. The van der Waals surface area contributed by atoms with Crippen LogP contribution in [-0.4, -0.2) is 31.3 Å². The molecule has 0 amide bonds. The molecule has 88 valence electrons. The topological polar surface area (TPSA) is 80.9 Å². The fourth-order valence-electron chi connectivity index (χ4n) is 1.57. The molecule has 0 atom stereocenters. The molecule has 0 fully saturated rings. The standard InChI is InChI=1S/C11H12N4O2/c1-8-12-13-14-15(8)10-4-2-3-9(7-10)5-6-11(16)17/h2-4,7H,5-6H2,1H3,(H,16,17). The molecule has 0 bridgehead atoms. The summed E-state index contributed by atoms with van der Waals surface area (Å²) < 4.78 is 1.62. The molecule has 6 nitrogen and oxygen atoms in total. The zero-order chi connectivity index (χ0) is 12.3. The molecule has 1 aromatic heterocycles. The van der Waals surface area contributed by atoms with Gasteiger partial charge in [0.25, 0.3) is 0 Å². The van der Waals surface area contributed by atoms with Crippen LogP contribution in [0.2, 0.25) is 0 Å². The Labute approximate surface area is 97.9 Å². The maximum absolute atomic E-state index is 10.5. The van der Waals surface area contributed by atoms with Crippen LogP contribution in [0, 0.1) is 6.92 Å². The first-order valence-corrected chi connectivity index (χ1v) is 5.23. The summed E-state index contributed by atoms with van der Waals surface area (Å²) in [6, 6.07) is 7.54. The van der Waals surface area contributed by atoms with Gasteiger partial charge in [-0.15, -0.1) is 5.10 Å². The second-order valence-electron chi connectivity index (χ2n) is 3.70. The molecule has 17 heavy (non-hydrogen) atoms. The highest BCUT2D eigenvalue weighted by molar-refractivity contribution is 5.67. The minimum atomic E-state index is -0.797. The number of hydrogen-bond acceptors (Lipinski definition) is 4. The zero-order valence-electron chi connectivity index (χ0n) is 9.37. The van der Waals surface area contributed by atoms with E-state index in [1.165, 1.54) is 0 Å². The first-order chi connectivity index (χ1) is 8.16. The lowest BCUT2D eigenvalue weighted by Crippen LogP contribution is -2.01. The molecule has 0 spiro atoms. The van der Waals surface area contributed by atoms with Crippen molar-refractivity contribution in [1.82, 2.24) is 20.2 Å². The quantitative estimate of drug-likeness (QED) is 0.850. The van der Waals surface area contributed by atoms with Gasteiger partial charge >= 0.3 is 5.97 Å². The normalized spacial score (nSPS) is 10.4. The van der Waals surface area contributed by atoms with Gasteiger partial charge in [0.05, 0.1) is 5.69 Å². The van der Waals surface area contributed by atoms with Gasteiger partial charge in [-0.05, 0) is 41.5 Å². The Kier molecular flexibility index (Phi) is 3.13. The third-order valence-corrected chi connectivity index (χ3v) is 2.41. The first kappa shape index (κ1) is 11.3. The number of aromatic nitrogens is 4. The molecule has 2 rings (SSSR count). The van der Waals surface area contributed by atoms with E-state index in [2.05, 4.69) is 15.5 Å². The summed E-state index contributed by atoms with van der Waals surface area (Å²) in [5.74, 6) is -0.102. The maximum Gasteiger partial charge on any atom is 0.303 e. The van der Waals surface area contributed by atoms with Crippen molar-refractivity contribution in [1.29, 1.82) is 0 Å². The number of nitrogens with zero attached hydrogens (tertiary/aromatic N) is 4. The predicted molar refractivity (Wildman–Crippen MR) is 59.8 cm³/mol. The van der Waals surface area contributed by atoms with Crippen molar-refractivity contribution in [2.75, 3.05) is 0 Å². The van der Waals surface area contributed by atoms with E-state index in [0.29, 0.717) is 12.2 Å². The molecule has 0 aliphatic carbocycles. The van der Waals surface area contributed by atoms with Gasteiger partial charge < -0.3 is 5.11 Å². The van der Waals surface area contributed by atoms with E-state index in [9.17, 15) is 4.79 Å². The van der Waals surface area contributed by atoms with Crippen molar-refractivity contribution in [2.24, 2.45) is 0 Å². The summed E-state index contributed by atoms with van der Waals surface area (Å²) in [6.45, 7) is 1.81. The van der Waals surface area contributed by atoms with E-state index in [0.717, 1.165) is 11.3 Å². The van der Waals surface area contributed by atoms with Crippen LogP contribution < -0.4 is 0 Å². The molecular weight excluding hydrogens is 220 g/mol. The summed E-state index contributed by atoms with van der Waals surface area (Å²) in [4.78, 5) is 10.5. The number of carboxylic acids is 1. The van der Waals surface area contributed by atoms with Crippen molar-refractivity contribution in [2.45, 2.75) is 19.8 Å². The van der Waals surface area contributed by atoms with Crippen LogP contribution in [0.3, 0.4) is 0 Å². The zero-order valence-corrected chi connectivity index (χ0v) is 9.37. The van der Waals surface area contributed by atoms with E-state index in [4.69, 9.17) is 5.11 Å². The van der Waals surface area contributed by atoms with Gasteiger partial charge in [-0.25, -0.2) is 0 Å². The molecule has 1 aromatic carbocycles.